The second-order valence-corrected chi connectivity index (χ2v) is 9.90. The molecule has 0 bridgehead atoms. The summed E-state index contributed by atoms with van der Waals surface area (Å²) in [5.74, 6) is 0.434. The average molecular weight is 496 g/mol. The van der Waals surface area contributed by atoms with Crippen molar-refractivity contribution in [2.24, 2.45) is 16.8 Å². The van der Waals surface area contributed by atoms with Gasteiger partial charge in [-0.1, -0.05) is 24.3 Å². The Bertz CT molecular complexity index is 1190. The number of aliphatic imine (C=N–C) groups is 1. The van der Waals surface area contributed by atoms with E-state index >= 15 is 0 Å². The number of carbonyl (C=O) groups excluding carboxylic acids is 2. The first-order valence-electron chi connectivity index (χ1n) is 12.3. The van der Waals surface area contributed by atoms with Crippen LogP contribution in [-0.2, 0) is 17.5 Å². The summed E-state index contributed by atoms with van der Waals surface area (Å²) in [6, 6.07) is 12.1. The van der Waals surface area contributed by atoms with Crippen molar-refractivity contribution in [3.8, 4) is 0 Å². The number of allylic oxidation sites excluding steroid dienone is 1. The number of nitrogens with one attached hydrogen (secondary N) is 2. The van der Waals surface area contributed by atoms with Crippen molar-refractivity contribution < 1.29 is 22.8 Å². The van der Waals surface area contributed by atoms with Crippen molar-refractivity contribution in [3.05, 3.63) is 82.6 Å². The second-order valence-electron chi connectivity index (χ2n) is 9.90. The molecule has 2 aliphatic carbocycles. The third-order valence-corrected chi connectivity index (χ3v) is 7.42. The molecule has 5 nitrogen and oxygen atoms in total. The minimum Gasteiger partial charge on any atom is -0.353 e. The van der Waals surface area contributed by atoms with Gasteiger partial charge in [0, 0.05) is 36.5 Å². The third kappa shape index (κ3) is 5.53. The van der Waals surface area contributed by atoms with Crippen molar-refractivity contribution in [3.63, 3.8) is 0 Å². The molecule has 3 aliphatic rings. The van der Waals surface area contributed by atoms with Crippen LogP contribution in [0.5, 0.6) is 0 Å². The van der Waals surface area contributed by atoms with Gasteiger partial charge in [0.25, 0.3) is 5.91 Å². The Kier molecular flexibility index (Phi) is 6.69. The first kappa shape index (κ1) is 24.3. The van der Waals surface area contributed by atoms with E-state index in [9.17, 15) is 22.8 Å². The molecule has 2 N–H and O–H groups in total. The summed E-state index contributed by atoms with van der Waals surface area (Å²) in [7, 11) is 0. The van der Waals surface area contributed by atoms with E-state index in [-0.39, 0.29) is 36.2 Å². The molecule has 0 radical (unpaired) electrons. The van der Waals surface area contributed by atoms with Crippen molar-refractivity contribution in [1.29, 1.82) is 0 Å². The Morgan fingerprint density at radius 2 is 1.75 bits per heavy atom. The molecule has 2 saturated carbocycles. The largest absolute Gasteiger partial charge is 0.416 e. The van der Waals surface area contributed by atoms with E-state index in [0.717, 1.165) is 49.8 Å². The molecule has 5 rings (SSSR count). The van der Waals surface area contributed by atoms with Crippen LogP contribution in [0.25, 0.3) is 0 Å². The van der Waals surface area contributed by atoms with E-state index < -0.39 is 11.7 Å². The predicted octanol–water partition coefficient (Wildman–Crippen LogP) is 5.38. The molecule has 8 heteroatoms. The number of nitrogens with zero attached hydrogens (tertiary/aromatic N) is 1. The highest BCUT2D eigenvalue weighted by atomic mass is 19.4. The molecule has 1 aliphatic heterocycles. The van der Waals surface area contributed by atoms with E-state index in [1.165, 1.54) is 17.7 Å². The molecule has 4 atom stereocenters. The first-order valence-corrected chi connectivity index (χ1v) is 12.3. The lowest BCUT2D eigenvalue weighted by molar-refractivity contribution is -0.137. The molecule has 36 heavy (non-hydrogen) atoms. The maximum Gasteiger partial charge on any atom is 0.416 e. The number of fused-ring (bicyclic) bond motifs is 1. The molecular weight excluding hydrogens is 467 g/mol. The predicted molar refractivity (Wildman–Crippen MR) is 130 cm³/mol. The Hall–Kier alpha value is -3.42. The molecule has 2 aromatic carbocycles. The fourth-order valence-corrected chi connectivity index (χ4v) is 5.18. The van der Waals surface area contributed by atoms with Crippen LogP contribution >= 0.6 is 0 Å². The number of amides is 2. The zero-order chi connectivity index (χ0) is 25.3. The van der Waals surface area contributed by atoms with Crippen LogP contribution in [-0.4, -0.2) is 24.1 Å². The smallest absolute Gasteiger partial charge is 0.353 e. The molecule has 4 unspecified atom stereocenters. The molecule has 0 aromatic heterocycles. The standard InChI is InChI=1S/C28H28F3N3O2/c29-28(30,31)22-8-1-17(2-9-22)15-33-26(35)19-5-3-18(4-6-19)24-14-25(24)27(36)34-23-10-7-21-16-32-12-11-20(21)13-23/h1-6,8-9,12,16,20,23-25H,7,10-11,13-15H2,(H,33,35)(H,34,36). The number of hydrogen-bond donors (Lipinski definition) is 2. The SMILES string of the molecule is O=C(NCc1ccc(C(F)(F)F)cc1)c1ccc(C2CC2C(=O)NC2CCC3=CN=CCC3C2)cc1. The van der Waals surface area contributed by atoms with Gasteiger partial charge < -0.3 is 10.6 Å². The number of carbonyl (C=O) groups is 2. The van der Waals surface area contributed by atoms with Gasteiger partial charge in [-0.25, -0.2) is 0 Å². The minimum atomic E-state index is -4.38. The number of alkyl halides is 3. The summed E-state index contributed by atoms with van der Waals surface area (Å²) in [4.78, 5) is 29.5. The number of hydrogen-bond acceptors (Lipinski definition) is 3. The number of rotatable bonds is 6. The summed E-state index contributed by atoms with van der Waals surface area (Å²) in [6.07, 6.45) is 4.22. The fourth-order valence-electron chi connectivity index (χ4n) is 5.18. The summed E-state index contributed by atoms with van der Waals surface area (Å²) in [5, 5.41) is 5.98. The van der Waals surface area contributed by atoms with Gasteiger partial charge >= 0.3 is 6.18 Å². The van der Waals surface area contributed by atoms with Gasteiger partial charge in [0.2, 0.25) is 5.91 Å². The fraction of sp³-hybridized carbons (Fsp3) is 0.393. The zero-order valence-corrected chi connectivity index (χ0v) is 19.7. The molecule has 0 spiro atoms. The van der Waals surface area contributed by atoms with Crippen LogP contribution in [0, 0.1) is 11.8 Å². The van der Waals surface area contributed by atoms with Crippen molar-refractivity contribution in [1.82, 2.24) is 10.6 Å². The minimum absolute atomic E-state index is 0.0331. The zero-order valence-electron chi connectivity index (χ0n) is 19.7. The van der Waals surface area contributed by atoms with Gasteiger partial charge in [-0.3, -0.25) is 14.6 Å². The monoisotopic (exact) mass is 495 g/mol. The van der Waals surface area contributed by atoms with Gasteiger partial charge in [-0.2, -0.15) is 13.2 Å². The van der Waals surface area contributed by atoms with E-state index in [2.05, 4.69) is 15.6 Å². The van der Waals surface area contributed by atoms with Crippen molar-refractivity contribution in [2.45, 2.75) is 56.8 Å². The van der Waals surface area contributed by atoms with Gasteiger partial charge in [-0.05, 0) is 84.9 Å². The highest BCUT2D eigenvalue weighted by Gasteiger charge is 2.44. The Morgan fingerprint density at radius 1 is 1.00 bits per heavy atom. The van der Waals surface area contributed by atoms with Gasteiger partial charge in [0.15, 0.2) is 0 Å². The quantitative estimate of drug-likeness (QED) is 0.565. The maximum absolute atomic E-state index is 12.8. The lowest BCUT2D eigenvalue weighted by atomic mass is 9.79. The van der Waals surface area contributed by atoms with Crippen LogP contribution in [0.15, 0.2) is 65.3 Å². The van der Waals surface area contributed by atoms with Gasteiger partial charge in [0.1, 0.15) is 0 Å². The summed E-state index contributed by atoms with van der Waals surface area (Å²) < 4.78 is 38.0. The molecule has 2 amide bonds. The summed E-state index contributed by atoms with van der Waals surface area (Å²) >= 11 is 0. The maximum atomic E-state index is 12.8. The van der Waals surface area contributed by atoms with Crippen molar-refractivity contribution in [2.75, 3.05) is 0 Å². The van der Waals surface area contributed by atoms with Gasteiger partial charge in [0.05, 0.1) is 5.56 Å². The molecular formula is C28H28F3N3O2. The molecule has 188 valence electrons. The average Bonchev–Trinajstić information content (AvgIpc) is 3.68. The van der Waals surface area contributed by atoms with Crippen LogP contribution in [0.1, 0.15) is 65.1 Å². The normalized spacial score (nSPS) is 24.9. The number of halogens is 3. The highest BCUT2D eigenvalue weighted by molar-refractivity contribution is 5.94. The van der Waals surface area contributed by atoms with Gasteiger partial charge in [-0.15, -0.1) is 0 Å². The second kappa shape index (κ2) is 9.91. The Balaban J connectivity index is 1.09. The molecule has 2 aromatic rings. The molecule has 2 fully saturated rings. The van der Waals surface area contributed by atoms with E-state index in [1.807, 2.05) is 24.5 Å². The van der Waals surface area contributed by atoms with E-state index in [1.54, 1.807) is 12.1 Å². The number of benzene rings is 2. The Labute approximate surface area is 207 Å². The van der Waals surface area contributed by atoms with Crippen molar-refractivity contribution >= 4 is 18.0 Å². The summed E-state index contributed by atoms with van der Waals surface area (Å²) in [6.45, 7) is 0.135. The van der Waals surface area contributed by atoms with Crippen LogP contribution in [0.2, 0.25) is 0 Å². The molecule has 1 heterocycles. The van der Waals surface area contributed by atoms with E-state index in [4.69, 9.17) is 0 Å². The third-order valence-electron chi connectivity index (χ3n) is 7.42. The summed E-state index contributed by atoms with van der Waals surface area (Å²) in [5.41, 5.74) is 2.77. The highest BCUT2D eigenvalue weighted by Crippen LogP contribution is 2.48. The Morgan fingerprint density at radius 3 is 2.47 bits per heavy atom. The van der Waals surface area contributed by atoms with E-state index in [0.29, 0.717) is 17.0 Å². The van der Waals surface area contributed by atoms with Crippen LogP contribution < -0.4 is 10.6 Å². The topological polar surface area (TPSA) is 70.6 Å². The molecule has 0 saturated heterocycles. The lowest BCUT2D eigenvalue weighted by Crippen LogP contribution is -2.40. The van der Waals surface area contributed by atoms with Crippen LogP contribution in [0.4, 0.5) is 13.2 Å². The van der Waals surface area contributed by atoms with Crippen LogP contribution in [0.3, 0.4) is 0 Å². The lowest BCUT2D eigenvalue weighted by Gasteiger charge is -2.32. The first-order chi connectivity index (χ1) is 17.3.